The molecule has 0 spiro atoms. The predicted molar refractivity (Wildman–Crippen MR) is 43.5 cm³/mol. The quantitative estimate of drug-likeness (QED) is 0.573. The lowest BCUT2D eigenvalue weighted by Gasteiger charge is -2.19. The molecule has 3 nitrogen and oxygen atoms in total. The Hall–Kier alpha value is -0.505. The maximum Gasteiger partial charge on any atom is 0.332 e. The number of aliphatic carboxylic acids is 1. The number of carboxylic acids is 1. The number of aliphatic hydroxyl groups excluding tert-OH is 1. The van der Waals surface area contributed by atoms with E-state index in [1.807, 2.05) is 20.8 Å². The molecule has 0 rings (SSSR count). The molecular weight excluding hydrogens is 143 g/mol. The van der Waals surface area contributed by atoms with Crippen molar-refractivity contribution in [1.29, 1.82) is 0 Å². The van der Waals surface area contributed by atoms with Gasteiger partial charge in [-0.15, -0.1) is 0 Å². The molecule has 11 heavy (non-hydrogen) atoms. The van der Waals surface area contributed by atoms with Crippen LogP contribution in [0.1, 0.15) is 27.2 Å². The summed E-state index contributed by atoms with van der Waals surface area (Å²) in [7, 11) is 0. The van der Waals surface area contributed by atoms with E-state index >= 15 is 0 Å². The highest BCUT2D eigenvalue weighted by molar-refractivity contribution is 5.75. The SMILES string of the molecule is CC(C)(C)CC(O)C(=O)O.[B]. The van der Waals surface area contributed by atoms with E-state index in [1.54, 1.807) is 0 Å². The third kappa shape index (κ3) is 7.39. The highest BCUT2D eigenvalue weighted by Gasteiger charge is 2.21. The Labute approximate surface area is 69.0 Å². The molecule has 0 saturated heterocycles. The van der Waals surface area contributed by atoms with Crippen molar-refractivity contribution in [2.24, 2.45) is 5.41 Å². The summed E-state index contributed by atoms with van der Waals surface area (Å²) in [5.41, 5.74) is -0.127. The predicted octanol–water partition coefficient (Wildman–Crippen LogP) is 0.487. The Balaban J connectivity index is 0. The maximum absolute atomic E-state index is 10.1. The van der Waals surface area contributed by atoms with Gasteiger partial charge in [0, 0.05) is 8.41 Å². The second-order valence-corrected chi connectivity index (χ2v) is 3.62. The minimum Gasteiger partial charge on any atom is -0.479 e. The lowest BCUT2D eigenvalue weighted by molar-refractivity contribution is -0.148. The molecule has 0 amide bonds. The Morgan fingerprint density at radius 3 is 1.91 bits per heavy atom. The van der Waals surface area contributed by atoms with Gasteiger partial charge in [0.1, 0.15) is 0 Å². The van der Waals surface area contributed by atoms with Crippen molar-refractivity contribution in [2.75, 3.05) is 0 Å². The summed E-state index contributed by atoms with van der Waals surface area (Å²) < 4.78 is 0. The monoisotopic (exact) mass is 157 g/mol. The minimum absolute atomic E-state index is 0. The summed E-state index contributed by atoms with van der Waals surface area (Å²) in [6.45, 7) is 5.66. The first-order valence-corrected chi connectivity index (χ1v) is 3.24. The molecule has 0 aromatic heterocycles. The zero-order valence-electron chi connectivity index (χ0n) is 7.16. The lowest BCUT2D eigenvalue weighted by Crippen LogP contribution is -2.25. The summed E-state index contributed by atoms with van der Waals surface area (Å²) in [5.74, 6) is -1.14. The van der Waals surface area contributed by atoms with E-state index in [1.165, 1.54) is 0 Å². The molecule has 0 bridgehead atoms. The van der Waals surface area contributed by atoms with Crippen molar-refractivity contribution in [2.45, 2.75) is 33.3 Å². The van der Waals surface area contributed by atoms with Gasteiger partial charge in [-0.2, -0.15) is 0 Å². The van der Waals surface area contributed by atoms with Gasteiger partial charge in [0.25, 0.3) is 0 Å². The van der Waals surface area contributed by atoms with Crippen LogP contribution in [-0.2, 0) is 4.79 Å². The highest BCUT2D eigenvalue weighted by atomic mass is 16.4. The molecule has 0 fully saturated rings. The largest absolute Gasteiger partial charge is 0.479 e. The van der Waals surface area contributed by atoms with Gasteiger partial charge < -0.3 is 10.2 Å². The van der Waals surface area contributed by atoms with Crippen LogP contribution in [0.4, 0.5) is 0 Å². The molecule has 63 valence electrons. The van der Waals surface area contributed by atoms with Crippen LogP contribution in [0.15, 0.2) is 0 Å². The molecule has 0 aliphatic heterocycles. The summed E-state index contributed by atoms with van der Waals surface area (Å²) in [6.07, 6.45) is -0.928. The van der Waals surface area contributed by atoms with Gasteiger partial charge in [-0.1, -0.05) is 20.8 Å². The summed E-state index contributed by atoms with van der Waals surface area (Å²) in [5, 5.41) is 17.2. The lowest BCUT2D eigenvalue weighted by atomic mass is 9.89. The van der Waals surface area contributed by atoms with Gasteiger partial charge in [0.2, 0.25) is 0 Å². The van der Waals surface area contributed by atoms with Crippen LogP contribution < -0.4 is 0 Å². The fourth-order valence-corrected chi connectivity index (χ4v) is 0.667. The number of carboxylic acid groups (broad SMARTS) is 1. The highest BCUT2D eigenvalue weighted by Crippen LogP contribution is 2.20. The molecule has 0 aliphatic carbocycles. The van der Waals surface area contributed by atoms with Crippen LogP contribution in [0.3, 0.4) is 0 Å². The van der Waals surface area contributed by atoms with Crippen molar-refractivity contribution < 1.29 is 15.0 Å². The molecule has 2 N–H and O–H groups in total. The van der Waals surface area contributed by atoms with Crippen LogP contribution >= 0.6 is 0 Å². The first-order valence-electron chi connectivity index (χ1n) is 3.24. The van der Waals surface area contributed by atoms with E-state index in [2.05, 4.69) is 0 Å². The fraction of sp³-hybridized carbons (Fsp3) is 0.857. The van der Waals surface area contributed by atoms with Crippen molar-refractivity contribution in [3.05, 3.63) is 0 Å². The number of carbonyl (C=O) groups is 1. The van der Waals surface area contributed by atoms with Crippen LogP contribution in [0, 0.1) is 5.41 Å². The van der Waals surface area contributed by atoms with E-state index in [9.17, 15) is 4.79 Å². The molecule has 1 unspecified atom stereocenters. The smallest absolute Gasteiger partial charge is 0.332 e. The van der Waals surface area contributed by atoms with E-state index < -0.39 is 12.1 Å². The number of hydrogen-bond acceptors (Lipinski definition) is 2. The molecule has 0 saturated carbocycles. The molecular formula is C7H14BO3. The Morgan fingerprint density at radius 1 is 1.45 bits per heavy atom. The first-order chi connectivity index (χ1) is 4.33. The Morgan fingerprint density at radius 2 is 1.82 bits per heavy atom. The number of aliphatic hydroxyl groups is 1. The van der Waals surface area contributed by atoms with Gasteiger partial charge in [0.15, 0.2) is 6.10 Å². The molecule has 0 aliphatic rings. The summed E-state index contributed by atoms with van der Waals surface area (Å²) >= 11 is 0. The zero-order valence-corrected chi connectivity index (χ0v) is 7.16. The molecule has 1 atom stereocenters. The first kappa shape index (κ1) is 13.1. The standard InChI is InChI=1S/C7H14O3.B/c1-7(2,3)4-5(8)6(9)10;/h5,8H,4H2,1-3H3,(H,9,10);. The molecule has 0 heterocycles. The third-order valence-electron chi connectivity index (χ3n) is 1.09. The second kappa shape index (κ2) is 4.39. The van der Waals surface area contributed by atoms with E-state index in [0.717, 1.165) is 0 Å². The zero-order chi connectivity index (χ0) is 8.36. The van der Waals surface area contributed by atoms with Gasteiger partial charge in [-0.25, -0.2) is 4.79 Å². The fourth-order valence-electron chi connectivity index (χ4n) is 0.667. The van der Waals surface area contributed by atoms with Crippen molar-refractivity contribution in [3.8, 4) is 0 Å². The van der Waals surface area contributed by atoms with Crippen molar-refractivity contribution >= 4 is 14.4 Å². The van der Waals surface area contributed by atoms with Crippen LogP contribution in [0.5, 0.6) is 0 Å². The Bertz CT molecular complexity index is 128. The van der Waals surface area contributed by atoms with Gasteiger partial charge in [0.05, 0.1) is 0 Å². The number of rotatable bonds is 2. The molecule has 3 radical (unpaired) electrons. The van der Waals surface area contributed by atoms with Crippen LogP contribution in [0.2, 0.25) is 0 Å². The molecule has 0 aromatic rings. The Kier molecular flexibility index (Phi) is 5.23. The average Bonchev–Trinajstić information content (AvgIpc) is 1.60. The van der Waals surface area contributed by atoms with Crippen molar-refractivity contribution in [3.63, 3.8) is 0 Å². The molecule has 0 aromatic carbocycles. The number of hydrogen-bond donors (Lipinski definition) is 2. The van der Waals surface area contributed by atoms with Gasteiger partial charge in [-0.05, 0) is 11.8 Å². The summed E-state index contributed by atoms with van der Waals surface area (Å²) in [6, 6.07) is 0. The van der Waals surface area contributed by atoms with Gasteiger partial charge >= 0.3 is 5.97 Å². The topological polar surface area (TPSA) is 57.5 Å². The van der Waals surface area contributed by atoms with Crippen LogP contribution in [0.25, 0.3) is 0 Å². The van der Waals surface area contributed by atoms with E-state index in [0.29, 0.717) is 6.42 Å². The average molecular weight is 157 g/mol. The maximum atomic E-state index is 10.1. The normalized spacial score (nSPS) is 13.5. The van der Waals surface area contributed by atoms with E-state index in [-0.39, 0.29) is 13.8 Å². The summed E-state index contributed by atoms with van der Waals surface area (Å²) in [4.78, 5) is 10.1. The second-order valence-electron chi connectivity index (χ2n) is 3.62. The molecule has 4 heteroatoms. The van der Waals surface area contributed by atoms with Gasteiger partial charge in [-0.3, -0.25) is 0 Å². The third-order valence-corrected chi connectivity index (χ3v) is 1.09. The minimum atomic E-state index is -1.22. The van der Waals surface area contributed by atoms with E-state index in [4.69, 9.17) is 10.2 Å². The van der Waals surface area contributed by atoms with Crippen LogP contribution in [-0.4, -0.2) is 30.7 Å². The van der Waals surface area contributed by atoms with Crippen molar-refractivity contribution in [1.82, 2.24) is 0 Å².